The molecule has 0 atom stereocenters. The summed E-state index contributed by atoms with van der Waals surface area (Å²) in [5, 5.41) is 5.95. The van der Waals surface area contributed by atoms with E-state index in [1.807, 2.05) is 0 Å². The standard InChI is InChI=1S/C19H33FN2O3/c1-2-25-18(23)17(20)14-10-6-7-11-15-21-19(24)22-16-12-8-4-3-5-9-13-16/h14,16H,2-13,15H2,1H3,(H2,21,22,24)/b17-14-. The Morgan fingerprint density at radius 3 is 2.44 bits per heavy atom. The third-order valence-corrected chi connectivity index (χ3v) is 4.40. The van der Waals surface area contributed by atoms with Crippen molar-refractivity contribution in [1.29, 1.82) is 0 Å². The largest absolute Gasteiger partial charge is 0.461 e. The smallest absolute Gasteiger partial charge is 0.366 e. The van der Waals surface area contributed by atoms with Crippen LogP contribution >= 0.6 is 0 Å². The van der Waals surface area contributed by atoms with Crippen molar-refractivity contribution in [3.8, 4) is 0 Å². The minimum absolute atomic E-state index is 0.0844. The van der Waals surface area contributed by atoms with Crippen LogP contribution < -0.4 is 10.6 Å². The molecule has 1 fully saturated rings. The molecule has 1 saturated carbocycles. The topological polar surface area (TPSA) is 67.4 Å². The van der Waals surface area contributed by atoms with Crippen LogP contribution in [0, 0.1) is 0 Å². The minimum Gasteiger partial charge on any atom is -0.461 e. The van der Waals surface area contributed by atoms with Crippen molar-refractivity contribution >= 4 is 12.0 Å². The highest BCUT2D eigenvalue weighted by Crippen LogP contribution is 2.16. The predicted octanol–water partition coefficient (Wildman–Crippen LogP) is 4.38. The van der Waals surface area contributed by atoms with Gasteiger partial charge in [0.2, 0.25) is 5.83 Å². The van der Waals surface area contributed by atoms with E-state index < -0.39 is 11.8 Å². The van der Waals surface area contributed by atoms with Crippen LogP contribution in [0.15, 0.2) is 11.9 Å². The third kappa shape index (κ3) is 10.8. The molecule has 0 aromatic heterocycles. The first-order chi connectivity index (χ1) is 12.1. The fourth-order valence-corrected chi connectivity index (χ4v) is 3.00. The Morgan fingerprint density at radius 2 is 1.76 bits per heavy atom. The van der Waals surface area contributed by atoms with E-state index in [1.54, 1.807) is 6.92 Å². The number of halogens is 1. The number of esters is 1. The van der Waals surface area contributed by atoms with Gasteiger partial charge in [-0.3, -0.25) is 0 Å². The van der Waals surface area contributed by atoms with Gasteiger partial charge in [0.15, 0.2) is 0 Å². The zero-order valence-electron chi connectivity index (χ0n) is 15.4. The molecule has 2 N–H and O–H groups in total. The van der Waals surface area contributed by atoms with E-state index in [-0.39, 0.29) is 12.6 Å². The number of hydrogen-bond acceptors (Lipinski definition) is 3. The molecule has 25 heavy (non-hydrogen) atoms. The van der Waals surface area contributed by atoms with E-state index in [0.717, 1.165) is 32.1 Å². The summed E-state index contributed by atoms with van der Waals surface area (Å²) in [4.78, 5) is 23.0. The van der Waals surface area contributed by atoms with E-state index in [0.29, 0.717) is 19.0 Å². The van der Waals surface area contributed by atoms with Gasteiger partial charge in [-0.15, -0.1) is 0 Å². The molecule has 2 amide bonds. The fourth-order valence-electron chi connectivity index (χ4n) is 3.00. The van der Waals surface area contributed by atoms with Gasteiger partial charge in [-0.25, -0.2) is 9.59 Å². The van der Waals surface area contributed by atoms with Gasteiger partial charge in [-0.05, 0) is 45.1 Å². The number of unbranched alkanes of at least 4 members (excludes halogenated alkanes) is 3. The number of ether oxygens (including phenoxy) is 1. The lowest BCUT2D eigenvalue weighted by Crippen LogP contribution is -2.42. The van der Waals surface area contributed by atoms with Crippen LogP contribution in [0.3, 0.4) is 0 Å². The van der Waals surface area contributed by atoms with E-state index in [4.69, 9.17) is 0 Å². The van der Waals surface area contributed by atoms with Gasteiger partial charge in [0, 0.05) is 12.6 Å². The molecule has 0 aromatic carbocycles. The van der Waals surface area contributed by atoms with Crippen LogP contribution in [-0.4, -0.2) is 31.2 Å². The van der Waals surface area contributed by atoms with E-state index in [9.17, 15) is 14.0 Å². The Balaban J connectivity index is 2.04. The monoisotopic (exact) mass is 356 g/mol. The van der Waals surface area contributed by atoms with Crippen molar-refractivity contribution in [3.63, 3.8) is 0 Å². The molecule has 0 aliphatic heterocycles. The molecule has 144 valence electrons. The number of carbonyl (C=O) groups excluding carboxylic acids is 2. The molecule has 1 rings (SSSR count). The Hall–Kier alpha value is -1.59. The number of allylic oxidation sites excluding steroid dienone is 1. The van der Waals surface area contributed by atoms with Gasteiger partial charge >= 0.3 is 12.0 Å². The molecular weight excluding hydrogens is 323 g/mol. The molecule has 1 aliphatic rings. The fraction of sp³-hybridized carbons (Fsp3) is 0.789. The van der Waals surface area contributed by atoms with Crippen LogP contribution in [0.1, 0.15) is 77.6 Å². The summed E-state index contributed by atoms with van der Waals surface area (Å²) < 4.78 is 17.8. The molecule has 0 bridgehead atoms. The maximum atomic E-state index is 13.3. The lowest BCUT2D eigenvalue weighted by atomic mass is 9.97. The summed E-state index contributed by atoms with van der Waals surface area (Å²) >= 11 is 0. The highest BCUT2D eigenvalue weighted by Gasteiger charge is 2.13. The number of rotatable bonds is 9. The highest BCUT2D eigenvalue weighted by atomic mass is 19.1. The maximum Gasteiger partial charge on any atom is 0.366 e. The Morgan fingerprint density at radius 1 is 1.08 bits per heavy atom. The van der Waals surface area contributed by atoms with Gasteiger partial charge in [-0.1, -0.05) is 38.5 Å². The molecule has 5 nitrogen and oxygen atoms in total. The van der Waals surface area contributed by atoms with Crippen molar-refractivity contribution in [2.45, 2.75) is 83.6 Å². The molecular formula is C19H33FN2O3. The molecule has 6 heteroatoms. The first kappa shape index (κ1) is 21.5. The van der Waals surface area contributed by atoms with E-state index >= 15 is 0 Å². The first-order valence-corrected chi connectivity index (χ1v) is 9.70. The molecule has 1 aliphatic carbocycles. The van der Waals surface area contributed by atoms with Crippen LogP contribution in [0.25, 0.3) is 0 Å². The number of hydrogen-bond donors (Lipinski definition) is 2. The Kier molecular flexibility index (Phi) is 11.7. The van der Waals surface area contributed by atoms with Crippen LogP contribution in [0.4, 0.5) is 9.18 Å². The zero-order chi connectivity index (χ0) is 18.3. The third-order valence-electron chi connectivity index (χ3n) is 4.40. The second-order valence-electron chi connectivity index (χ2n) is 6.56. The van der Waals surface area contributed by atoms with E-state index in [1.165, 1.54) is 38.2 Å². The number of carbonyl (C=O) groups is 2. The number of nitrogens with one attached hydrogen (secondary N) is 2. The van der Waals surface area contributed by atoms with Crippen molar-refractivity contribution in [3.05, 3.63) is 11.9 Å². The van der Waals surface area contributed by atoms with Crippen LogP contribution in [-0.2, 0) is 9.53 Å². The lowest BCUT2D eigenvalue weighted by molar-refractivity contribution is -0.140. The average Bonchev–Trinajstić information content (AvgIpc) is 2.56. The zero-order valence-corrected chi connectivity index (χ0v) is 15.4. The molecule has 0 radical (unpaired) electrons. The van der Waals surface area contributed by atoms with Gasteiger partial charge in [-0.2, -0.15) is 4.39 Å². The van der Waals surface area contributed by atoms with Gasteiger partial charge < -0.3 is 15.4 Å². The lowest BCUT2D eigenvalue weighted by Gasteiger charge is -2.21. The summed E-state index contributed by atoms with van der Waals surface area (Å²) in [5.41, 5.74) is 0. The average molecular weight is 356 g/mol. The molecule has 0 spiro atoms. The van der Waals surface area contributed by atoms with Crippen molar-refractivity contribution in [1.82, 2.24) is 10.6 Å². The van der Waals surface area contributed by atoms with Gasteiger partial charge in [0.1, 0.15) is 0 Å². The minimum atomic E-state index is -0.893. The predicted molar refractivity (Wildman–Crippen MR) is 96.9 cm³/mol. The number of urea groups is 1. The summed E-state index contributed by atoms with van der Waals surface area (Å²) in [6, 6.07) is 0.218. The summed E-state index contributed by atoms with van der Waals surface area (Å²) in [7, 11) is 0. The Labute approximate surface area is 150 Å². The second kappa shape index (κ2) is 13.7. The number of amides is 2. The van der Waals surface area contributed by atoms with Crippen LogP contribution in [0.2, 0.25) is 0 Å². The summed E-state index contributed by atoms with van der Waals surface area (Å²) in [6.07, 6.45) is 12.7. The second-order valence-corrected chi connectivity index (χ2v) is 6.56. The van der Waals surface area contributed by atoms with Gasteiger partial charge in [0.05, 0.1) is 6.61 Å². The quantitative estimate of drug-likeness (QED) is 0.366. The van der Waals surface area contributed by atoms with E-state index in [2.05, 4.69) is 15.4 Å². The summed E-state index contributed by atoms with van der Waals surface area (Å²) in [6.45, 7) is 2.43. The van der Waals surface area contributed by atoms with Gasteiger partial charge in [0.25, 0.3) is 0 Å². The molecule has 0 aromatic rings. The Bertz CT molecular complexity index is 419. The summed E-state index contributed by atoms with van der Waals surface area (Å²) in [5.74, 6) is -1.71. The van der Waals surface area contributed by atoms with Crippen molar-refractivity contribution < 1.29 is 18.7 Å². The first-order valence-electron chi connectivity index (χ1n) is 9.70. The molecule has 0 heterocycles. The molecule has 0 saturated heterocycles. The normalized spacial score (nSPS) is 16.6. The van der Waals surface area contributed by atoms with Crippen molar-refractivity contribution in [2.75, 3.05) is 13.2 Å². The maximum absolute atomic E-state index is 13.3. The molecule has 0 unspecified atom stereocenters. The SMILES string of the molecule is CCOC(=O)/C(F)=C/CCCCCNC(=O)NC1CCCCCCC1. The van der Waals surface area contributed by atoms with Crippen molar-refractivity contribution in [2.24, 2.45) is 0 Å². The highest BCUT2D eigenvalue weighted by molar-refractivity contribution is 5.85. The van der Waals surface area contributed by atoms with Crippen LogP contribution in [0.5, 0.6) is 0 Å².